The highest BCUT2D eigenvalue weighted by atomic mass is 35.5. The lowest BCUT2D eigenvalue weighted by Crippen LogP contribution is -2.33. The van der Waals surface area contributed by atoms with Gasteiger partial charge in [0.1, 0.15) is 0 Å². The van der Waals surface area contributed by atoms with Crippen LogP contribution in [0.4, 0.5) is 0 Å². The standard InChI is InChI=1S/C13H20ClNOS/c1-3-10(4-2)12(14)9-15-13(16)8-11-6-5-7-17-11/h5-7,10,12H,3-4,8-9H2,1-2H3,(H,15,16). The van der Waals surface area contributed by atoms with Crippen molar-refractivity contribution >= 4 is 28.8 Å². The highest BCUT2D eigenvalue weighted by Crippen LogP contribution is 2.17. The summed E-state index contributed by atoms with van der Waals surface area (Å²) in [4.78, 5) is 12.7. The van der Waals surface area contributed by atoms with E-state index < -0.39 is 0 Å². The van der Waals surface area contributed by atoms with Crippen LogP contribution >= 0.6 is 22.9 Å². The first-order valence-corrected chi connectivity index (χ1v) is 7.42. The molecule has 4 heteroatoms. The van der Waals surface area contributed by atoms with E-state index in [2.05, 4.69) is 19.2 Å². The molecule has 1 unspecified atom stereocenters. The Morgan fingerprint density at radius 1 is 1.47 bits per heavy atom. The SMILES string of the molecule is CCC(CC)C(Cl)CNC(=O)Cc1cccs1. The maximum atomic E-state index is 11.7. The molecule has 0 fully saturated rings. The van der Waals surface area contributed by atoms with Crippen molar-refractivity contribution in [3.05, 3.63) is 22.4 Å². The Labute approximate surface area is 112 Å². The van der Waals surface area contributed by atoms with Crippen molar-refractivity contribution in [1.82, 2.24) is 5.32 Å². The number of halogens is 1. The van der Waals surface area contributed by atoms with Crippen LogP contribution in [0.2, 0.25) is 0 Å². The molecule has 0 bridgehead atoms. The molecule has 0 aliphatic carbocycles. The van der Waals surface area contributed by atoms with Crippen LogP contribution in [-0.4, -0.2) is 17.8 Å². The average molecular weight is 274 g/mol. The van der Waals surface area contributed by atoms with E-state index in [1.807, 2.05) is 17.5 Å². The largest absolute Gasteiger partial charge is 0.354 e. The molecule has 1 atom stereocenters. The van der Waals surface area contributed by atoms with Crippen LogP contribution < -0.4 is 5.32 Å². The van der Waals surface area contributed by atoms with Crippen molar-refractivity contribution in [3.63, 3.8) is 0 Å². The van der Waals surface area contributed by atoms with Gasteiger partial charge in [-0.1, -0.05) is 32.8 Å². The normalized spacial score (nSPS) is 12.7. The Morgan fingerprint density at radius 2 is 2.18 bits per heavy atom. The van der Waals surface area contributed by atoms with E-state index >= 15 is 0 Å². The van der Waals surface area contributed by atoms with Crippen LogP contribution in [-0.2, 0) is 11.2 Å². The van der Waals surface area contributed by atoms with Gasteiger partial charge in [-0.25, -0.2) is 0 Å². The number of alkyl halides is 1. The summed E-state index contributed by atoms with van der Waals surface area (Å²) in [5.41, 5.74) is 0. The van der Waals surface area contributed by atoms with Crippen molar-refractivity contribution in [3.8, 4) is 0 Å². The highest BCUT2D eigenvalue weighted by molar-refractivity contribution is 7.10. The number of hydrogen-bond acceptors (Lipinski definition) is 2. The zero-order chi connectivity index (χ0) is 12.7. The number of carbonyl (C=O) groups is 1. The topological polar surface area (TPSA) is 29.1 Å². The van der Waals surface area contributed by atoms with Gasteiger partial charge in [-0.05, 0) is 17.4 Å². The van der Waals surface area contributed by atoms with E-state index in [-0.39, 0.29) is 11.3 Å². The molecule has 1 aromatic heterocycles. The lowest BCUT2D eigenvalue weighted by molar-refractivity contribution is -0.120. The predicted octanol–water partition coefficient (Wildman–Crippen LogP) is 3.45. The van der Waals surface area contributed by atoms with Crippen molar-refractivity contribution in [1.29, 1.82) is 0 Å². The van der Waals surface area contributed by atoms with Crippen LogP contribution in [0.1, 0.15) is 31.6 Å². The molecule has 96 valence electrons. The minimum atomic E-state index is 0.0392. The Bertz CT molecular complexity index is 322. The molecule has 1 amide bonds. The Balaban J connectivity index is 2.28. The van der Waals surface area contributed by atoms with Crippen LogP contribution in [0.3, 0.4) is 0 Å². The second-order valence-corrected chi connectivity index (χ2v) is 5.75. The molecular weight excluding hydrogens is 254 g/mol. The molecule has 1 N–H and O–H groups in total. The predicted molar refractivity (Wildman–Crippen MR) is 74.7 cm³/mol. The number of rotatable bonds is 7. The Morgan fingerprint density at radius 3 is 2.71 bits per heavy atom. The van der Waals surface area contributed by atoms with Crippen molar-refractivity contribution < 1.29 is 4.79 Å². The van der Waals surface area contributed by atoms with E-state index in [1.54, 1.807) is 11.3 Å². The summed E-state index contributed by atoms with van der Waals surface area (Å²) in [5.74, 6) is 0.544. The summed E-state index contributed by atoms with van der Waals surface area (Å²) in [6.07, 6.45) is 2.58. The summed E-state index contributed by atoms with van der Waals surface area (Å²) in [7, 11) is 0. The smallest absolute Gasteiger partial charge is 0.225 e. The molecule has 17 heavy (non-hydrogen) atoms. The van der Waals surface area contributed by atoms with E-state index in [4.69, 9.17) is 11.6 Å². The van der Waals surface area contributed by atoms with Gasteiger partial charge >= 0.3 is 0 Å². The van der Waals surface area contributed by atoms with Gasteiger partial charge in [0.2, 0.25) is 5.91 Å². The number of amides is 1. The van der Waals surface area contributed by atoms with Gasteiger partial charge in [0.05, 0.1) is 11.8 Å². The molecule has 0 saturated heterocycles. The Kier molecular flexibility index (Phi) is 6.60. The molecule has 0 aromatic carbocycles. The minimum absolute atomic E-state index is 0.0392. The van der Waals surface area contributed by atoms with Crippen molar-refractivity contribution in [2.45, 2.75) is 38.5 Å². The quantitative estimate of drug-likeness (QED) is 0.758. The molecule has 2 nitrogen and oxygen atoms in total. The minimum Gasteiger partial charge on any atom is -0.354 e. The fourth-order valence-corrected chi connectivity index (χ4v) is 2.95. The van der Waals surface area contributed by atoms with E-state index in [9.17, 15) is 4.79 Å². The van der Waals surface area contributed by atoms with Crippen LogP contribution in [0.5, 0.6) is 0 Å². The summed E-state index contributed by atoms with van der Waals surface area (Å²) >= 11 is 7.87. The molecule has 0 aliphatic heterocycles. The molecule has 0 saturated carbocycles. The average Bonchev–Trinajstić information content (AvgIpc) is 2.81. The number of carbonyl (C=O) groups excluding carboxylic acids is 1. The number of thiophene rings is 1. The number of nitrogens with one attached hydrogen (secondary N) is 1. The van der Waals surface area contributed by atoms with Crippen LogP contribution in [0.15, 0.2) is 17.5 Å². The third-order valence-corrected chi connectivity index (χ3v) is 4.36. The second-order valence-electron chi connectivity index (χ2n) is 4.15. The van der Waals surface area contributed by atoms with Gasteiger partial charge in [-0.15, -0.1) is 22.9 Å². The van der Waals surface area contributed by atoms with E-state index in [0.29, 0.717) is 18.9 Å². The van der Waals surface area contributed by atoms with Crippen LogP contribution in [0.25, 0.3) is 0 Å². The molecule has 0 aliphatic rings. The van der Waals surface area contributed by atoms with Gasteiger partial charge in [-0.3, -0.25) is 4.79 Å². The summed E-state index contributed by atoms with van der Waals surface area (Å²) in [5, 5.41) is 4.93. The molecule has 0 radical (unpaired) electrons. The van der Waals surface area contributed by atoms with Gasteiger partial charge in [-0.2, -0.15) is 0 Å². The monoisotopic (exact) mass is 273 g/mol. The maximum Gasteiger partial charge on any atom is 0.225 e. The zero-order valence-corrected chi connectivity index (χ0v) is 12.0. The molecule has 1 aromatic rings. The fourth-order valence-electron chi connectivity index (χ4n) is 1.81. The van der Waals surface area contributed by atoms with Gasteiger partial charge in [0.25, 0.3) is 0 Å². The second kappa shape index (κ2) is 7.72. The van der Waals surface area contributed by atoms with Crippen molar-refractivity contribution in [2.24, 2.45) is 5.92 Å². The van der Waals surface area contributed by atoms with Crippen molar-refractivity contribution in [2.75, 3.05) is 6.54 Å². The summed E-state index contributed by atoms with van der Waals surface area (Å²) in [6, 6.07) is 3.94. The zero-order valence-electron chi connectivity index (χ0n) is 10.4. The third-order valence-electron chi connectivity index (χ3n) is 2.97. The van der Waals surface area contributed by atoms with Gasteiger partial charge in [0, 0.05) is 11.4 Å². The molecule has 0 spiro atoms. The molecule has 1 heterocycles. The molecular formula is C13H20ClNOS. The lowest BCUT2D eigenvalue weighted by Gasteiger charge is -2.19. The fraction of sp³-hybridized carbons (Fsp3) is 0.615. The first-order chi connectivity index (χ1) is 8.17. The Hall–Kier alpha value is -0.540. The molecule has 1 rings (SSSR count). The maximum absolute atomic E-state index is 11.7. The first kappa shape index (κ1) is 14.5. The van der Waals surface area contributed by atoms with E-state index in [0.717, 1.165) is 17.7 Å². The van der Waals surface area contributed by atoms with Crippen LogP contribution in [0, 0.1) is 5.92 Å². The van der Waals surface area contributed by atoms with E-state index in [1.165, 1.54) is 0 Å². The lowest BCUT2D eigenvalue weighted by atomic mass is 9.99. The summed E-state index contributed by atoms with van der Waals surface area (Å²) in [6.45, 7) is 4.84. The highest BCUT2D eigenvalue weighted by Gasteiger charge is 2.16. The first-order valence-electron chi connectivity index (χ1n) is 6.10. The van der Waals surface area contributed by atoms with Gasteiger partial charge in [0.15, 0.2) is 0 Å². The van der Waals surface area contributed by atoms with Gasteiger partial charge < -0.3 is 5.32 Å². The number of hydrogen-bond donors (Lipinski definition) is 1. The third kappa shape index (κ3) is 5.09. The summed E-state index contributed by atoms with van der Waals surface area (Å²) < 4.78 is 0.